The van der Waals surface area contributed by atoms with Crippen molar-refractivity contribution in [2.24, 2.45) is 0 Å². The molecule has 1 atom stereocenters. The second-order valence-electron chi connectivity index (χ2n) is 1.14. The fraction of sp³-hybridized carbons (Fsp3) is 1.00. The third kappa shape index (κ3) is 0.816. The number of aliphatic hydroxyl groups is 1. The second-order valence-corrected chi connectivity index (χ2v) is 2.47. The van der Waals surface area contributed by atoms with Gasteiger partial charge in [0.2, 0.25) is 0 Å². The molecule has 0 spiro atoms. The Morgan fingerprint density at radius 2 is 2.60 bits per heavy atom. The lowest BCUT2D eigenvalue weighted by Crippen LogP contribution is -1.86. The van der Waals surface area contributed by atoms with E-state index in [1.54, 1.807) is 0 Å². The van der Waals surface area contributed by atoms with Crippen molar-refractivity contribution in [3.63, 3.8) is 0 Å². The van der Waals surface area contributed by atoms with Crippen molar-refractivity contribution < 1.29 is 5.11 Å². The van der Waals surface area contributed by atoms with Gasteiger partial charge in [0.05, 0.1) is 6.61 Å². The smallest absolute Gasteiger partial charge is 0.0558 e. The van der Waals surface area contributed by atoms with Crippen LogP contribution in [0, 0.1) is 0 Å². The molecule has 0 aromatic rings. The summed E-state index contributed by atoms with van der Waals surface area (Å²) in [5, 5.41) is 8.79. The van der Waals surface area contributed by atoms with Gasteiger partial charge < -0.3 is 5.11 Å². The molecule has 1 rings (SSSR count). The zero-order chi connectivity index (χ0) is 3.70. The average molecular weight is 90.1 g/mol. The van der Waals surface area contributed by atoms with Crippen molar-refractivity contribution in [2.45, 2.75) is 5.25 Å². The van der Waals surface area contributed by atoms with Gasteiger partial charge in [0, 0.05) is 11.0 Å². The van der Waals surface area contributed by atoms with E-state index in [1.807, 2.05) is 11.8 Å². The highest BCUT2D eigenvalue weighted by Gasteiger charge is 2.19. The molecule has 1 heterocycles. The highest BCUT2D eigenvalue weighted by molar-refractivity contribution is 8.06. The van der Waals surface area contributed by atoms with Gasteiger partial charge in [0.25, 0.3) is 0 Å². The van der Waals surface area contributed by atoms with Crippen LogP contribution in [-0.2, 0) is 0 Å². The van der Waals surface area contributed by atoms with E-state index in [2.05, 4.69) is 0 Å². The summed E-state index contributed by atoms with van der Waals surface area (Å²) in [6.07, 6.45) is 0. The van der Waals surface area contributed by atoms with Crippen molar-refractivity contribution in [2.75, 3.05) is 12.4 Å². The SMILES string of the molecule is OC[C@@H]1CS1. The zero-order valence-corrected chi connectivity index (χ0v) is 3.66. The molecule has 1 aliphatic rings. The van der Waals surface area contributed by atoms with Crippen LogP contribution in [0.1, 0.15) is 0 Å². The maximum absolute atomic E-state index is 8.19. The number of hydrogen-bond acceptors (Lipinski definition) is 2. The van der Waals surface area contributed by atoms with E-state index < -0.39 is 0 Å². The summed E-state index contributed by atoms with van der Waals surface area (Å²) in [5.41, 5.74) is 0. The van der Waals surface area contributed by atoms with E-state index >= 15 is 0 Å². The summed E-state index contributed by atoms with van der Waals surface area (Å²) < 4.78 is 0. The van der Waals surface area contributed by atoms with Crippen LogP contribution in [0.3, 0.4) is 0 Å². The van der Waals surface area contributed by atoms with Crippen LogP contribution in [0.2, 0.25) is 0 Å². The molecule has 1 fully saturated rings. The predicted molar refractivity (Wildman–Crippen MR) is 23.3 cm³/mol. The van der Waals surface area contributed by atoms with Gasteiger partial charge in [-0.05, 0) is 0 Å². The van der Waals surface area contributed by atoms with Crippen LogP contribution in [-0.4, -0.2) is 22.7 Å². The van der Waals surface area contributed by atoms with E-state index in [0.29, 0.717) is 11.9 Å². The van der Waals surface area contributed by atoms with Crippen molar-refractivity contribution in [3.8, 4) is 0 Å². The monoisotopic (exact) mass is 90.0 g/mol. The Kier molecular flexibility index (Phi) is 0.830. The molecule has 0 aliphatic carbocycles. The second kappa shape index (κ2) is 1.19. The van der Waals surface area contributed by atoms with Crippen LogP contribution in [0.4, 0.5) is 0 Å². The number of aliphatic hydroxyl groups excluding tert-OH is 1. The number of thioether (sulfide) groups is 1. The van der Waals surface area contributed by atoms with Gasteiger partial charge in [-0.1, -0.05) is 0 Å². The number of rotatable bonds is 1. The normalized spacial score (nSPS) is 34.2. The lowest BCUT2D eigenvalue weighted by Gasteiger charge is -1.71. The van der Waals surface area contributed by atoms with Gasteiger partial charge >= 0.3 is 0 Å². The van der Waals surface area contributed by atoms with Crippen LogP contribution in [0.15, 0.2) is 0 Å². The topological polar surface area (TPSA) is 20.2 Å². The molecule has 0 amide bonds. The molecule has 30 valence electrons. The Morgan fingerprint density at radius 1 is 2.00 bits per heavy atom. The summed E-state index contributed by atoms with van der Waals surface area (Å²) in [6, 6.07) is 0. The van der Waals surface area contributed by atoms with Crippen molar-refractivity contribution in [3.05, 3.63) is 0 Å². The standard InChI is InChI=1S/C3H6OS/c4-1-3-2-5-3/h3-4H,1-2H2/t3-/m1/s1. The van der Waals surface area contributed by atoms with E-state index in [0.717, 1.165) is 0 Å². The minimum Gasteiger partial charge on any atom is -0.395 e. The van der Waals surface area contributed by atoms with E-state index in [1.165, 1.54) is 5.75 Å². The van der Waals surface area contributed by atoms with Gasteiger partial charge in [0.1, 0.15) is 0 Å². The maximum atomic E-state index is 8.19. The van der Waals surface area contributed by atoms with Crippen molar-refractivity contribution in [1.29, 1.82) is 0 Å². The van der Waals surface area contributed by atoms with Crippen LogP contribution < -0.4 is 0 Å². The molecule has 5 heavy (non-hydrogen) atoms. The molecule has 0 aromatic heterocycles. The quantitative estimate of drug-likeness (QED) is 0.461. The summed E-state index contributed by atoms with van der Waals surface area (Å²) >= 11 is 1.82. The van der Waals surface area contributed by atoms with Crippen molar-refractivity contribution >= 4 is 11.8 Å². The summed E-state index contributed by atoms with van der Waals surface area (Å²) in [5.74, 6) is 1.18. The molecule has 0 unspecified atom stereocenters. The van der Waals surface area contributed by atoms with Gasteiger partial charge in [-0.3, -0.25) is 0 Å². The first-order chi connectivity index (χ1) is 2.43. The van der Waals surface area contributed by atoms with Gasteiger partial charge in [0.15, 0.2) is 0 Å². The summed E-state index contributed by atoms with van der Waals surface area (Å²) in [7, 11) is 0. The summed E-state index contributed by atoms with van der Waals surface area (Å²) in [6.45, 7) is 0.380. The fourth-order valence-corrected chi connectivity index (χ4v) is 0.520. The Balaban J connectivity index is 2.00. The minimum atomic E-state index is 0.380. The first kappa shape index (κ1) is 3.50. The first-order valence-corrected chi connectivity index (χ1v) is 2.71. The highest BCUT2D eigenvalue weighted by atomic mass is 32.2. The third-order valence-electron chi connectivity index (χ3n) is 0.606. The first-order valence-electron chi connectivity index (χ1n) is 1.66. The van der Waals surface area contributed by atoms with Crippen LogP contribution in [0.25, 0.3) is 0 Å². The Hall–Kier alpha value is 0.310. The van der Waals surface area contributed by atoms with Crippen LogP contribution in [0.5, 0.6) is 0 Å². The largest absolute Gasteiger partial charge is 0.395 e. The Bertz CT molecular complexity index is 33.9. The molecule has 1 N–H and O–H groups in total. The molecule has 0 aromatic carbocycles. The van der Waals surface area contributed by atoms with Gasteiger partial charge in [-0.15, -0.1) is 0 Å². The lowest BCUT2D eigenvalue weighted by atomic mass is 10.5. The van der Waals surface area contributed by atoms with E-state index in [-0.39, 0.29) is 0 Å². The fourth-order valence-electron chi connectivity index (χ4n) is 0.173. The average Bonchev–Trinajstić information content (AvgIpc) is 2.12. The molecule has 0 bridgehead atoms. The lowest BCUT2D eigenvalue weighted by molar-refractivity contribution is 0.308. The van der Waals surface area contributed by atoms with Crippen molar-refractivity contribution in [1.82, 2.24) is 0 Å². The summed E-state index contributed by atoms with van der Waals surface area (Å²) in [4.78, 5) is 0. The molecule has 1 saturated heterocycles. The third-order valence-corrected chi connectivity index (χ3v) is 1.56. The molecule has 0 radical (unpaired) electrons. The Morgan fingerprint density at radius 3 is 2.60 bits per heavy atom. The minimum absolute atomic E-state index is 0.380. The highest BCUT2D eigenvalue weighted by Crippen LogP contribution is 2.28. The van der Waals surface area contributed by atoms with E-state index in [4.69, 9.17) is 5.11 Å². The molecule has 1 nitrogen and oxygen atoms in total. The zero-order valence-electron chi connectivity index (χ0n) is 2.85. The maximum Gasteiger partial charge on any atom is 0.0558 e. The Labute approximate surface area is 35.4 Å². The predicted octanol–water partition coefficient (Wildman–Crippen LogP) is 0.0941. The van der Waals surface area contributed by atoms with Crippen LogP contribution >= 0.6 is 11.8 Å². The van der Waals surface area contributed by atoms with Gasteiger partial charge in [-0.25, -0.2) is 0 Å². The molecule has 1 aliphatic heterocycles. The molecule has 2 heteroatoms. The molecular formula is C3H6OS. The number of hydrogen-bond donors (Lipinski definition) is 1. The molecular weight excluding hydrogens is 84.1 g/mol. The van der Waals surface area contributed by atoms with E-state index in [9.17, 15) is 0 Å². The van der Waals surface area contributed by atoms with Gasteiger partial charge in [-0.2, -0.15) is 11.8 Å². The molecule has 0 saturated carbocycles.